The van der Waals surface area contributed by atoms with E-state index in [-0.39, 0.29) is 28.7 Å². The van der Waals surface area contributed by atoms with E-state index in [1.165, 1.54) is 37.8 Å². The summed E-state index contributed by atoms with van der Waals surface area (Å²) in [6.07, 6.45) is 3.31. The summed E-state index contributed by atoms with van der Waals surface area (Å²) in [4.78, 5) is 17.7. The Hall–Kier alpha value is -4.00. The van der Waals surface area contributed by atoms with Gasteiger partial charge < -0.3 is 15.2 Å². The van der Waals surface area contributed by atoms with Crippen LogP contribution < -0.4 is 20.6 Å². The maximum absolute atomic E-state index is 11.9. The molecule has 0 atom stereocenters. The van der Waals surface area contributed by atoms with Gasteiger partial charge in [-0.2, -0.15) is 10.2 Å². The molecule has 3 N–H and O–H groups in total. The lowest BCUT2D eigenvalue weighted by Gasteiger charge is -2.11. The first-order chi connectivity index (χ1) is 15.3. The number of benzene rings is 1. The molecule has 0 spiro atoms. The maximum Gasteiger partial charge on any atom is 0.324 e. The molecule has 2 heterocycles. The normalized spacial score (nSPS) is 11.7. The number of nitro benzene ring substituents is 1. The van der Waals surface area contributed by atoms with Gasteiger partial charge >= 0.3 is 5.69 Å². The molecule has 13 heteroatoms. The number of methoxy groups -OCH3 is 2. The van der Waals surface area contributed by atoms with Crippen molar-refractivity contribution in [1.82, 2.24) is 14.8 Å². The van der Waals surface area contributed by atoms with Crippen molar-refractivity contribution in [2.75, 3.05) is 14.2 Å². The molecule has 0 saturated heterocycles. The van der Waals surface area contributed by atoms with Crippen molar-refractivity contribution < 1.29 is 14.4 Å². The third-order valence-electron chi connectivity index (χ3n) is 4.16. The first-order valence-corrected chi connectivity index (χ1v) is 10.1. The van der Waals surface area contributed by atoms with Gasteiger partial charge in [-0.05, 0) is 32.9 Å². The highest BCUT2D eigenvalue weighted by Gasteiger charge is 2.30. The molecule has 3 rings (SSSR count). The Morgan fingerprint density at radius 3 is 2.59 bits per heavy atom. The molecule has 0 amide bonds. The van der Waals surface area contributed by atoms with Gasteiger partial charge in [0.2, 0.25) is 5.96 Å². The summed E-state index contributed by atoms with van der Waals surface area (Å²) >= 11 is 1.43. The average molecular weight is 459 g/mol. The van der Waals surface area contributed by atoms with Crippen LogP contribution in [0.1, 0.15) is 24.4 Å². The van der Waals surface area contributed by atoms with E-state index in [9.17, 15) is 10.1 Å². The second kappa shape index (κ2) is 9.43. The molecule has 32 heavy (non-hydrogen) atoms. The van der Waals surface area contributed by atoms with Crippen molar-refractivity contribution >= 4 is 39.9 Å². The number of aryl methyl sites for hydroxylation is 1. The maximum atomic E-state index is 11.9. The smallest absolute Gasteiger partial charge is 0.324 e. The largest absolute Gasteiger partial charge is 0.496 e. The molecule has 0 fully saturated rings. The molecule has 1 aromatic carbocycles. The number of imidazole rings is 1. The van der Waals surface area contributed by atoms with E-state index in [0.29, 0.717) is 16.3 Å². The first-order valence-electron chi connectivity index (χ1n) is 9.28. The number of guanidine groups is 1. The van der Waals surface area contributed by atoms with Gasteiger partial charge in [0.15, 0.2) is 10.7 Å². The number of nitrogens with two attached hydrogens (primary N) is 1. The van der Waals surface area contributed by atoms with Gasteiger partial charge in [0.05, 0.1) is 31.1 Å². The fourth-order valence-corrected chi connectivity index (χ4v) is 3.75. The Morgan fingerprint density at radius 2 is 1.97 bits per heavy atom. The molecule has 3 aromatic rings. The number of nitrogens with zero attached hydrogens (tertiary/aromatic N) is 6. The number of hydrogen-bond donors (Lipinski definition) is 2. The van der Waals surface area contributed by atoms with Crippen LogP contribution in [0.2, 0.25) is 0 Å². The highest BCUT2D eigenvalue weighted by Crippen LogP contribution is 2.45. The molecule has 0 radical (unpaired) electrons. The van der Waals surface area contributed by atoms with E-state index >= 15 is 0 Å². The van der Waals surface area contributed by atoms with Crippen molar-refractivity contribution in [3.63, 3.8) is 0 Å². The van der Waals surface area contributed by atoms with Crippen LogP contribution in [0.5, 0.6) is 11.5 Å². The summed E-state index contributed by atoms with van der Waals surface area (Å²) in [5.41, 5.74) is 9.76. The second-order valence-corrected chi connectivity index (χ2v) is 7.91. The SMILES string of the molecule is COc1ccc(OC)c([N+](=O)[O-])c1-c1nc2sc(C)cn2c1/C=N/N/C(N)=N\N=C(C)C. The zero-order chi connectivity index (χ0) is 23.4. The molecule has 168 valence electrons. The minimum atomic E-state index is -0.524. The number of aromatic nitrogens is 2. The number of hydrogen-bond acceptors (Lipinski definition) is 9. The van der Waals surface area contributed by atoms with Crippen LogP contribution in [0, 0.1) is 17.0 Å². The summed E-state index contributed by atoms with van der Waals surface area (Å²) in [7, 11) is 2.79. The van der Waals surface area contributed by atoms with Gasteiger partial charge in [-0.3, -0.25) is 14.5 Å². The summed E-state index contributed by atoms with van der Waals surface area (Å²) < 4.78 is 12.4. The number of hydrazone groups is 1. The van der Waals surface area contributed by atoms with Crippen molar-refractivity contribution in [3.8, 4) is 22.8 Å². The molecular weight excluding hydrogens is 436 g/mol. The van der Waals surface area contributed by atoms with Gasteiger partial charge in [0.25, 0.3) is 0 Å². The molecule has 0 bridgehead atoms. The van der Waals surface area contributed by atoms with Crippen molar-refractivity contribution in [2.45, 2.75) is 20.8 Å². The van der Waals surface area contributed by atoms with E-state index in [2.05, 4.69) is 25.7 Å². The van der Waals surface area contributed by atoms with E-state index < -0.39 is 4.92 Å². The number of fused-ring (bicyclic) bond motifs is 1. The Morgan fingerprint density at radius 1 is 1.28 bits per heavy atom. The van der Waals surface area contributed by atoms with Gasteiger partial charge in [0, 0.05) is 16.8 Å². The van der Waals surface area contributed by atoms with Crippen LogP contribution in [0.3, 0.4) is 0 Å². The van der Waals surface area contributed by atoms with Crippen LogP contribution in [-0.2, 0) is 0 Å². The Bertz CT molecular complexity index is 1250. The van der Waals surface area contributed by atoms with Crippen LogP contribution in [-0.4, -0.2) is 46.4 Å². The summed E-state index contributed by atoms with van der Waals surface area (Å²) in [5.74, 6) is 0.344. The number of rotatable bonds is 7. The Kier molecular flexibility index (Phi) is 6.68. The molecule has 2 aromatic heterocycles. The lowest BCUT2D eigenvalue weighted by molar-refractivity contribution is -0.385. The van der Waals surface area contributed by atoms with Crippen LogP contribution in [0.25, 0.3) is 16.2 Å². The predicted molar refractivity (Wildman–Crippen MR) is 124 cm³/mol. The molecule has 0 aliphatic heterocycles. The molecular formula is C19H22N8O4S. The molecule has 0 aliphatic rings. The third kappa shape index (κ3) is 4.51. The Labute approximate surface area is 187 Å². The monoisotopic (exact) mass is 458 g/mol. The zero-order valence-corrected chi connectivity index (χ0v) is 18.9. The van der Waals surface area contributed by atoms with Crippen LogP contribution in [0.15, 0.2) is 33.6 Å². The average Bonchev–Trinajstić information content (AvgIpc) is 3.27. The standard InChI is InChI=1S/C19H22N8O4S/c1-10(2)23-25-18(20)24-21-8-12-16(22-19-26(12)9-11(3)32-19)15-13(30-4)6-7-14(31-5)17(15)27(28)29/h6-9H,1-5H3,(H3,20,24,25)/b21-8+. The molecule has 0 aliphatic carbocycles. The lowest BCUT2D eigenvalue weighted by Crippen LogP contribution is -2.27. The van der Waals surface area contributed by atoms with Crippen LogP contribution >= 0.6 is 11.3 Å². The quantitative estimate of drug-likeness (QED) is 0.239. The van der Waals surface area contributed by atoms with Gasteiger partial charge in [0.1, 0.15) is 17.0 Å². The predicted octanol–water partition coefficient (Wildman–Crippen LogP) is 2.93. The zero-order valence-electron chi connectivity index (χ0n) is 18.1. The third-order valence-corrected chi connectivity index (χ3v) is 5.06. The van der Waals surface area contributed by atoms with Gasteiger partial charge in [-0.25, -0.2) is 10.4 Å². The summed E-state index contributed by atoms with van der Waals surface area (Å²) in [6, 6.07) is 3.07. The lowest BCUT2D eigenvalue weighted by atomic mass is 10.1. The number of nitro groups is 1. The van der Waals surface area contributed by atoms with Gasteiger partial charge in [-0.1, -0.05) is 0 Å². The number of thiazole rings is 1. The van der Waals surface area contributed by atoms with E-state index in [4.69, 9.17) is 15.2 Å². The highest BCUT2D eigenvalue weighted by molar-refractivity contribution is 7.17. The topological polar surface area (TPSA) is 154 Å². The summed E-state index contributed by atoms with van der Waals surface area (Å²) in [6.45, 7) is 5.49. The number of nitrogens with one attached hydrogen (secondary N) is 1. The van der Waals surface area contributed by atoms with E-state index in [1.54, 1.807) is 24.3 Å². The van der Waals surface area contributed by atoms with E-state index in [1.807, 2.05) is 13.1 Å². The van der Waals surface area contributed by atoms with Gasteiger partial charge in [-0.15, -0.1) is 16.4 Å². The van der Waals surface area contributed by atoms with Crippen molar-refractivity contribution in [1.29, 1.82) is 0 Å². The fourth-order valence-electron chi connectivity index (χ4n) is 2.91. The first kappa shape index (κ1) is 22.7. The fraction of sp³-hybridized carbons (Fsp3) is 0.263. The second-order valence-electron chi connectivity index (χ2n) is 6.69. The molecule has 12 nitrogen and oxygen atoms in total. The van der Waals surface area contributed by atoms with Crippen molar-refractivity contribution in [3.05, 3.63) is 39.0 Å². The molecule has 0 unspecified atom stereocenters. The summed E-state index contributed by atoms with van der Waals surface area (Å²) in [5, 5.41) is 23.7. The highest BCUT2D eigenvalue weighted by atomic mass is 32.1. The Balaban J connectivity index is 2.20. The minimum Gasteiger partial charge on any atom is -0.496 e. The number of ether oxygens (including phenoxy) is 2. The van der Waals surface area contributed by atoms with E-state index in [0.717, 1.165) is 10.6 Å². The van der Waals surface area contributed by atoms with Crippen molar-refractivity contribution in [2.24, 2.45) is 21.0 Å². The minimum absolute atomic E-state index is 0.0174. The molecule has 0 saturated carbocycles. The van der Waals surface area contributed by atoms with Crippen LogP contribution in [0.4, 0.5) is 5.69 Å².